The fourth-order valence-corrected chi connectivity index (χ4v) is 3.93. The topological polar surface area (TPSA) is 164 Å². The number of anilines is 6. The summed E-state index contributed by atoms with van der Waals surface area (Å²) in [5, 5.41) is 16.0. The lowest BCUT2D eigenvalue weighted by atomic mass is 10.1. The summed E-state index contributed by atoms with van der Waals surface area (Å²) in [5.41, 5.74) is 7.48. The summed E-state index contributed by atoms with van der Waals surface area (Å²) in [6.07, 6.45) is 0. The third kappa shape index (κ3) is 6.18. The van der Waals surface area contributed by atoms with E-state index in [0.29, 0.717) is 28.4 Å². The average Bonchev–Trinajstić information content (AvgIpc) is 3.02. The van der Waals surface area contributed by atoms with Crippen molar-refractivity contribution >= 4 is 35.2 Å². The maximum absolute atomic E-state index is 13.0. The number of ether oxygens (including phenoxy) is 2. The minimum Gasteiger partial charge on any atom is -0.497 e. The molecule has 3 aromatic carbocycles. The summed E-state index contributed by atoms with van der Waals surface area (Å²) in [6.45, 7) is 0. The fraction of sp³-hybridized carbons (Fsp3) is 0.103. The Hall–Kier alpha value is -6.16. The second kappa shape index (κ2) is 12.3. The van der Waals surface area contributed by atoms with Crippen LogP contribution in [-0.2, 0) is 7.05 Å². The number of methoxy groups -OCH3 is 2. The van der Waals surface area contributed by atoms with Crippen molar-refractivity contribution in [1.82, 2.24) is 24.5 Å². The molecule has 0 amide bonds. The Morgan fingerprint density at radius 2 is 1.31 bits per heavy atom. The molecule has 210 valence electrons. The number of benzene rings is 3. The first-order valence-electron chi connectivity index (χ1n) is 12.6. The van der Waals surface area contributed by atoms with Crippen molar-refractivity contribution in [2.45, 2.75) is 0 Å². The summed E-state index contributed by atoms with van der Waals surface area (Å²) in [5.74, 6) is 2.01. The molecular formula is C29H26N10O3. The highest BCUT2D eigenvalue weighted by Gasteiger charge is 2.17. The van der Waals surface area contributed by atoms with Crippen molar-refractivity contribution < 1.29 is 9.47 Å². The zero-order valence-corrected chi connectivity index (χ0v) is 22.9. The van der Waals surface area contributed by atoms with Gasteiger partial charge in [0.1, 0.15) is 23.1 Å². The zero-order valence-electron chi connectivity index (χ0n) is 22.9. The number of hydrogen-bond acceptors (Lipinski definition) is 12. The zero-order chi connectivity index (χ0) is 29.5. The van der Waals surface area contributed by atoms with Crippen LogP contribution >= 0.6 is 0 Å². The van der Waals surface area contributed by atoms with Crippen molar-refractivity contribution in [2.75, 3.05) is 35.7 Å². The van der Waals surface area contributed by atoms with E-state index in [-0.39, 0.29) is 35.1 Å². The smallest absolute Gasteiger partial charge is 0.273 e. The number of aromatic nitrogens is 5. The number of nitriles is 1. The van der Waals surface area contributed by atoms with Gasteiger partial charge in [0.05, 0.1) is 19.9 Å². The lowest BCUT2D eigenvalue weighted by Gasteiger charge is -2.15. The second-order valence-electron chi connectivity index (χ2n) is 8.77. The molecule has 0 unspecified atom stereocenters. The molecule has 13 heteroatoms. The van der Waals surface area contributed by atoms with Gasteiger partial charge in [0, 0.05) is 36.1 Å². The molecule has 0 bridgehead atoms. The van der Waals surface area contributed by atoms with Crippen LogP contribution in [0.2, 0.25) is 0 Å². The van der Waals surface area contributed by atoms with Crippen LogP contribution in [0.25, 0.3) is 11.3 Å². The van der Waals surface area contributed by atoms with Gasteiger partial charge in [-0.2, -0.15) is 20.2 Å². The first-order chi connectivity index (χ1) is 20.5. The minimum absolute atomic E-state index is 0.0658. The Morgan fingerprint density at radius 3 is 1.86 bits per heavy atom. The number of hydrazine groups is 1. The van der Waals surface area contributed by atoms with E-state index in [1.807, 2.05) is 48.5 Å². The normalized spacial score (nSPS) is 10.3. The molecule has 0 aliphatic heterocycles. The van der Waals surface area contributed by atoms with E-state index in [4.69, 9.17) is 9.47 Å². The Labute approximate surface area is 240 Å². The summed E-state index contributed by atoms with van der Waals surface area (Å²) in [4.78, 5) is 31.0. The Morgan fingerprint density at radius 1 is 0.738 bits per heavy atom. The van der Waals surface area contributed by atoms with Gasteiger partial charge < -0.3 is 20.1 Å². The molecule has 5 aromatic rings. The summed E-state index contributed by atoms with van der Waals surface area (Å²) in [6, 6.07) is 25.6. The molecule has 0 fully saturated rings. The van der Waals surface area contributed by atoms with Gasteiger partial charge in [0.25, 0.3) is 5.56 Å². The van der Waals surface area contributed by atoms with Gasteiger partial charge in [-0.1, -0.05) is 42.5 Å². The summed E-state index contributed by atoms with van der Waals surface area (Å²) >= 11 is 0. The number of rotatable bonds is 10. The molecule has 0 radical (unpaired) electrons. The standard InChI is InChI=1S/C29H26N10O3/c1-39-25(40)23(17-30)24(18-9-5-4-6-10-18)33-29(39)38-37-28-35-26(31-19-11-7-13-21(15-19)41-2)34-27(36-28)32-20-12-8-14-22(16-20)42-3/h4-16H,1-3H3,(H,33,38)(H3,31,32,34,35,36,37). The first-order valence-corrected chi connectivity index (χ1v) is 12.6. The molecule has 13 nitrogen and oxygen atoms in total. The Kier molecular flexibility index (Phi) is 8.06. The maximum Gasteiger partial charge on any atom is 0.273 e. The molecule has 2 aromatic heterocycles. The van der Waals surface area contributed by atoms with Crippen LogP contribution in [0.1, 0.15) is 5.56 Å². The predicted molar refractivity (Wildman–Crippen MR) is 159 cm³/mol. The van der Waals surface area contributed by atoms with Gasteiger partial charge in [-0.3, -0.25) is 20.2 Å². The SMILES string of the molecule is COc1cccc(Nc2nc(NNc3nc(-c4ccccc4)c(C#N)c(=O)n3C)nc(Nc3cccc(OC)c3)n2)c1. The van der Waals surface area contributed by atoms with Crippen LogP contribution in [-0.4, -0.2) is 38.7 Å². The van der Waals surface area contributed by atoms with E-state index in [1.54, 1.807) is 50.6 Å². The van der Waals surface area contributed by atoms with Gasteiger partial charge >= 0.3 is 0 Å². The molecule has 0 aliphatic carbocycles. The van der Waals surface area contributed by atoms with E-state index in [2.05, 4.69) is 41.4 Å². The average molecular weight is 563 g/mol. The fourth-order valence-electron chi connectivity index (χ4n) is 3.93. The van der Waals surface area contributed by atoms with Gasteiger partial charge in [-0.05, 0) is 24.3 Å². The number of nitrogens with zero attached hydrogens (tertiary/aromatic N) is 6. The molecule has 0 aliphatic rings. The van der Waals surface area contributed by atoms with E-state index < -0.39 is 5.56 Å². The maximum atomic E-state index is 13.0. The summed E-state index contributed by atoms with van der Waals surface area (Å²) < 4.78 is 11.9. The van der Waals surface area contributed by atoms with Crippen molar-refractivity contribution in [3.63, 3.8) is 0 Å². The van der Waals surface area contributed by atoms with Crippen LogP contribution in [0.5, 0.6) is 11.5 Å². The van der Waals surface area contributed by atoms with Gasteiger partial charge in [-0.15, -0.1) is 0 Å². The third-order valence-electron chi connectivity index (χ3n) is 6.02. The monoisotopic (exact) mass is 562 g/mol. The molecule has 0 saturated heterocycles. The Balaban J connectivity index is 1.48. The van der Waals surface area contributed by atoms with E-state index >= 15 is 0 Å². The van der Waals surface area contributed by atoms with Crippen LogP contribution < -0.4 is 36.5 Å². The molecule has 2 heterocycles. The largest absolute Gasteiger partial charge is 0.497 e. The van der Waals surface area contributed by atoms with Crippen molar-refractivity contribution in [1.29, 1.82) is 5.26 Å². The molecule has 0 saturated carbocycles. The minimum atomic E-state index is -0.507. The molecule has 5 rings (SSSR count). The van der Waals surface area contributed by atoms with E-state index in [0.717, 1.165) is 0 Å². The molecule has 0 spiro atoms. The lowest BCUT2D eigenvalue weighted by Crippen LogP contribution is -2.27. The highest BCUT2D eigenvalue weighted by atomic mass is 16.5. The number of nitrogens with one attached hydrogen (secondary N) is 4. The van der Waals surface area contributed by atoms with Crippen LogP contribution in [0.3, 0.4) is 0 Å². The Bertz CT molecular complexity index is 1750. The molecule has 4 N–H and O–H groups in total. The van der Waals surface area contributed by atoms with E-state index in [1.165, 1.54) is 11.6 Å². The molecule has 42 heavy (non-hydrogen) atoms. The van der Waals surface area contributed by atoms with Crippen LogP contribution in [0, 0.1) is 11.3 Å². The molecular weight excluding hydrogens is 536 g/mol. The quantitative estimate of drug-likeness (QED) is 0.177. The number of hydrogen-bond donors (Lipinski definition) is 4. The van der Waals surface area contributed by atoms with Crippen molar-refractivity contribution in [3.8, 4) is 28.8 Å². The van der Waals surface area contributed by atoms with Gasteiger partial charge in [0.15, 0.2) is 0 Å². The lowest BCUT2D eigenvalue weighted by molar-refractivity contribution is 0.415. The third-order valence-corrected chi connectivity index (χ3v) is 6.02. The first kappa shape index (κ1) is 27.4. The van der Waals surface area contributed by atoms with Crippen LogP contribution in [0.4, 0.5) is 35.2 Å². The van der Waals surface area contributed by atoms with Crippen molar-refractivity contribution in [3.05, 3.63) is 94.8 Å². The van der Waals surface area contributed by atoms with Crippen molar-refractivity contribution in [2.24, 2.45) is 7.05 Å². The van der Waals surface area contributed by atoms with Gasteiger partial charge in [-0.25, -0.2) is 4.98 Å². The molecule has 0 atom stereocenters. The van der Waals surface area contributed by atoms with Crippen LogP contribution in [0.15, 0.2) is 83.7 Å². The highest BCUT2D eigenvalue weighted by Crippen LogP contribution is 2.24. The predicted octanol–water partition coefficient (Wildman–Crippen LogP) is 4.45. The van der Waals surface area contributed by atoms with E-state index in [9.17, 15) is 10.1 Å². The summed E-state index contributed by atoms with van der Waals surface area (Å²) in [7, 11) is 4.67. The second-order valence-corrected chi connectivity index (χ2v) is 8.77. The highest BCUT2D eigenvalue weighted by molar-refractivity contribution is 5.67. The van der Waals surface area contributed by atoms with Gasteiger partial charge in [0.2, 0.25) is 23.8 Å².